The molecular weight excluding hydrogens is 306 g/mol. The maximum absolute atomic E-state index is 12.3. The van der Waals surface area contributed by atoms with Crippen LogP contribution in [-0.4, -0.2) is 23.6 Å². The Morgan fingerprint density at radius 3 is 2.29 bits per heavy atom. The predicted octanol–water partition coefficient (Wildman–Crippen LogP) is 4.21. The number of carbonyl (C=O) groups excluding carboxylic acids is 1. The molecule has 0 aliphatic rings. The Kier molecular flexibility index (Phi) is 6.37. The molecule has 2 aromatic carbocycles. The number of benzene rings is 2. The first-order valence-electron chi connectivity index (χ1n) is 7.98. The molecule has 0 spiro atoms. The van der Waals surface area contributed by atoms with Gasteiger partial charge in [0.25, 0.3) is 5.91 Å². The lowest BCUT2D eigenvalue weighted by Crippen LogP contribution is -2.16. The van der Waals surface area contributed by atoms with Gasteiger partial charge in [0.1, 0.15) is 5.75 Å². The summed E-state index contributed by atoms with van der Waals surface area (Å²) in [5.74, 6) is -0.837. The molecule has 1 amide bonds. The normalized spacial score (nSPS) is 10.2. The third kappa shape index (κ3) is 4.84. The molecule has 0 aromatic heterocycles. The number of hydrogen-bond donors (Lipinski definition) is 2. The molecule has 0 saturated carbocycles. The number of carboxylic acid groups (broad SMARTS) is 1. The molecule has 5 heteroatoms. The minimum Gasteiger partial charge on any atom is -0.494 e. The van der Waals surface area contributed by atoms with Crippen LogP contribution in [0.15, 0.2) is 48.5 Å². The van der Waals surface area contributed by atoms with Crippen molar-refractivity contribution in [2.45, 2.75) is 26.2 Å². The van der Waals surface area contributed by atoms with Crippen LogP contribution in [0.2, 0.25) is 0 Å². The number of carbonyl (C=O) groups is 2. The van der Waals surface area contributed by atoms with Gasteiger partial charge in [-0.3, -0.25) is 4.79 Å². The van der Waals surface area contributed by atoms with Crippen molar-refractivity contribution in [3.05, 3.63) is 59.7 Å². The number of amides is 1. The third-order valence-electron chi connectivity index (χ3n) is 3.53. The fraction of sp³-hybridized carbons (Fsp3) is 0.263. The molecule has 2 N–H and O–H groups in total. The van der Waals surface area contributed by atoms with Crippen molar-refractivity contribution in [3.63, 3.8) is 0 Å². The summed E-state index contributed by atoms with van der Waals surface area (Å²) >= 11 is 0. The number of rotatable bonds is 8. The van der Waals surface area contributed by atoms with Crippen LogP contribution in [0.5, 0.6) is 5.75 Å². The lowest BCUT2D eigenvalue weighted by atomic mass is 10.1. The average molecular weight is 327 g/mol. The minimum absolute atomic E-state index is 0.0223. The first-order chi connectivity index (χ1) is 11.6. The van der Waals surface area contributed by atoms with E-state index in [4.69, 9.17) is 9.84 Å². The highest BCUT2D eigenvalue weighted by atomic mass is 16.5. The molecule has 0 atom stereocenters. The summed E-state index contributed by atoms with van der Waals surface area (Å²) in [6.07, 6.45) is 3.30. The summed E-state index contributed by atoms with van der Waals surface area (Å²) in [6.45, 7) is 2.81. The van der Waals surface area contributed by atoms with Gasteiger partial charge >= 0.3 is 5.97 Å². The van der Waals surface area contributed by atoms with Crippen molar-refractivity contribution in [3.8, 4) is 5.75 Å². The van der Waals surface area contributed by atoms with Crippen molar-refractivity contribution < 1.29 is 19.4 Å². The predicted molar refractivity (Wildman–Crippen MR) is 92.8 cm³/mol. The van der Waals surface area contributed by atoms with E-state index in [1.807, 2.05) is 0 Å². The van der Waals surface area contributed by atoms with E-state index >= 15 is 0 Å². The molecule has 0 unspecified atom stereocenters. The zero-order valence-electron chi connectivity index (χ0n) is 13.6. The number of hydrogen-bond acceptors (Lipinski definition) is 3. The lowest BCUT2D eigenvalue weighted by Gasteiger charge is -2.09. The Bertz CT molecular complexity index is 695. The van der Waals surface area contributed by atoms with Gasteiger partial charge in [-0.25, -0.2) is 4.79 Å². The molecule has 0 saturated heterocycles. The van der Waals surface area contributed by atoms with Crippen LogP contribution >= 0.6 is 0 Å². The van der Waals surface area contributed by atoms with E-state index in [-0.39, 0.29) is 11.1 Å². The summed E-state index contributed by atoms with van der Waals surface area (Å²) in [4.78, 5) is 23.4. The second-order valence-electron chi connectivity index (χ2n) is 5.38. The molecule has 2 rings (SSSR count). The molecule has 0 fully saturated rings. The Balaban J connectivity index is 1.98. The molecular formula is C19H21NO4. The standard InChI is InChI=1S/C19H21NO4/c1-2-3-6-13-24-15-11-9-14(10-12-15)20-18(21)16-7-4-5-8-17(16)19(22)23/h4-5,7-12H,2-3,6,13H2,1H3,(H,20,21)(H,22,23). The van der Waals surface area contributed by atoms with E-state index in [2.05, 4.69) is 12.2 Å². The van der Waals surface area contributed by atoms with E-state index < -0.39 is 11.9 Å². The summed E-state index contributed by atoms with van der Waals surface area (Å²) in [6, 6.07) is 13.1. The average Bonchev–Trinajstić information content (AvgIpc) is 2.60. The van der Waals surface area contributed by atoms with E-state index in [1.54, 1.807) is 36.4 Å². The van der Waals surface area contributed by atoms with Gasteiger partial charge in [-0.15, -0.1) is 0 Å². The van der Waals surface area contributed by atoms with Gasteiger partial charge in [0.2, 0.25) is 0 Å². The number of carboxylic acids is 1. The van der Waals surface area contributed by atoms with E-state index in [0.29, 0.717) is 12.3 Å². The monoisotopic (exact) mass is 327 g/mol. The lowest BCUT2D eigenvalue weighted by molar-refractivity contribution is 0.0692. The number of unbranched alkanes of at least 4 members (excludes halogenated alkanes) is 2. The SMILES string of the molecule is CCCCCOc1ccc(NC(=O)c2ccccc2C(=O)O)cc1. The Morgan fingerprint density at radius 1 is 1.00 bits per heavy atom. The molecule has 0 bridgehead atoms. The Morgan fingerprint density at radius 2 is 1.67 bits per heavy atom. The van der Waals surface area contributed by atoms with Gasteiger partial charge in [-0.1, -0.05) is 31.9 Å². The molecule has 0 aliphatic carbocycles. The van der Waals surface area contributed by atoms with Crippen molar-refractivity contribution in [2.75, 3.05) is 11.9 Å². The first kappa shape index (κ1) is 17.5. The minimum atomic E-state index is -1.13. The highest BCUT2D eigenvalue weighted by Crippen LogP contribution is 2.18. The smallest absolute Gasteiger partial charge is 0.336 e. The summed E-state index contributed by atoms with van der Waals surface area (Å²) < 4.78 is 5.61. The highest BCUT2D eigenvalue weighted by Gasteiger charge is 2.15. The van der Waals surface area contributed by atoms with Gasteiger partial charge in [-0.2, -0.15) is 0 Å². The second-order valence-corrected chi connectivity index (χ2v) is 5.38. The zero-order valence-corrected chi connectivity index (χ0v) is 13.6. The topological polar surface area (TPSA) is 75.6 Å². The number of anilines is 1. The highest BCUT2D eigenvalue weighted by molar-refractivity contribution is 6.10. The number of aromatic carboxylic acids is 1. The summed E-state index contributed by atoms with van der Waals surface area (Å²) in [5, 5.41) is 11.8. The van der Waals surface area contributed by atoms with Crippen molar-refractivity contribution in [1.82, 2.24) is 0 Å². The van der Waals surface area contributed by atoms with E-state index in [1.165, 1.54) is 12.1 Å². The van der Waals surface area contributed by atoms with Crippen LogP contribution in [0.3, 0.4) is 0 Å². The van der Waals surface area contributed by atoms with Crippen molar-refractivity contribution in [1.29, 1.82) is 0 Å². The van der Waals surface area contributed by atoms with Gasteiger partial charge in [0.15, 0.2) is 0 Å². The van der Waals surface area contributed by atoms with E-state index in [0.717, 1.165) is 25.0 Å². The largest absolute Gasteiger partial charge is 0.494 e. The Hall–Kier alpha value is -2.82. The van der Waals surface area contributed by atoms with Crippen LogP contribution in [0, 0.1) is 0 Å². The molecule has 0 heterocycles. The number of nitrogens with one attached hydrogen (secondary N) is 1. The van der Waals surface area contributed by atoms with Gasteiger partial charge in [-0.05, 0) is 42.8 Å². The molecule has 0 aliphatic heterocycles. The second kappa shape index (κ2) is 8.72. The quantitative estimate of drug-likeness (QED) is 0.712. The summed E-state index contributed by atoms with van der Waals surface area (Å²) in [5.41, 5.74) is 0.692. The molecule has 24 heavy (non-hydrogen) atoms. The van der Waals surface area contributed by atoms with Crippen LogP contribution in [-0.2, 0) is 0 Å². The number of ether oxygens (including phenoxy) is 1. The van der Waals surface area contributed by atoms with Crippen LogP contribution in [0.4, 0.5) is 5.69 Å². The zero-order chi connectivity index (χ0) is 17.4. The molecule has 126 valence electrons. The van der Waals surface area contributed by atoms with E-state index in [9.17, 15) is 9.59 Å². The van der Waals surface area contributed by atoms with Gasteiger partial charge in [0.05, 0.1) is 17.7 Å². The molecule has 5 nitrogen and oxygen atoms in total. The van der Waals surface area contributed by atoms with Crippen molar-refractivity contribution in [2.24, 2.45) is 0 Å². The molecule has 2 aromatic rings. The van der Waals surface area contributed by atoms with Crippen LogP contribution in [0.25, 0.3) is 0 Å². The van der Waals surface area contributed by atoms with Crippen molar-refractivity contribution >= 4 is 17.6 Å². The maximum Gasteiger partial charge on any atom is 0.336 e. The summed E-state index contributed by atoms with van der Waals surface area (Å²) in [7, 11) is 0. The van der Waals surface area contributed by atoms with Gasteiger partial charge < -0.3 is 15.2 Å². The fourth-order valence-corrected chi connectivity index (χ4v) is 2.24. The van der Waals surface area contributed by atoms with Crippen LogP contribution in [0.1, 0.15) is 46.9 Å². The molecule has 0 radical (unpaired) electrons. The first-order valence-corrected chi connectivity index (χ1v) is 7.98. The third-order valence-corrected chi connectivity index (χ3v) is 3.53. The van der Waals surface area contributed by atoms with Gasteiger partial charge in [0, 0.05) is 5.69 Å². The van der Waals surface area contributed by atoms with Crippen LogP contribution < -0.4 is 10.1 Å². The maximum atomic E-state index is 12.3. The fourth-order valence-electron chi connectivity index (χ4n) is 2.24. The Labute approximate surface area is 141 Å².